The minimum Gasteiger partial charge on any atom is -0.379 e. The molecule has 0 aliphatic carbocycles. The van der Waals surface area contributed by atoms with E-state index < -0.39 is 0 Å². The van der Waals surface area contributed by atoms with E-state index in [0.29, 0.717) is 32.3 Å². The summed E-state index contributed by atoms with van der Waals surface area (Å²) in [6.07, 6.45) is 4.00. The molecule has 0 spiro atoms. The van der Waals surface area contributed by atoms with Crippen molar-refractivity contribution in [1.29, 1.82) is 0 Å². The number of ether oxygens (including phenoxy) is 2. The first-order valence-corrected chi connectivity index (χ1v) is 7.39. The Hall–Kier alpha value is -0.650. The molecule has 1 amide bonds. The van der Waals surface area contributed by atoms with Gasteiger partial charge in [-0.2, -0.15) is 0 Å². The third-order valence-corrected chi connectivity index (χ3v) is 3.06. The van der Waals surface area contributed by atoms with Crippen molar-refractivity contribution < 1.29 is 14.3 Å². The van der Waals surface area contributed by atoms with Crippen LogP contribution in [0.25, 0.3) is 0 Å². The fraction of sp³-hybridized carbons (Fsp3) is 0.929. The Balaban J connectivity index is 1.90. The molecule has 0 aromatic carbocycles. The highest BCUT2D eigenvalue weighted by Gasteiger charge is 2.13. The van der Waals surface area contributed by atoms with E-state index in [4.69, 9.17) is 9.47 Å². The van der Waals surface area contributed by atoms with Gasteiger partial charge in [-0.05, 0) is 46.2 Å². The van der Waals surface area contributed by atoms with Crippen LogP contribution < -0.4 is 10.6 Å². The molecule has 0 atom stereocenters. The number of carbonyl (C=O) groups is 1. The Morgan fingerprint density at radius 3 is 2.74 bits per heavy atom. The molecule has 19 heavy (non-hydrogen) atoms. The minimum atomic E-state index is 0.0680. The van der Waals surface area contributed by atoms with Crippen LogP contribution in [0.15, 0.2) is 0 Å². The van der Waals surface area contributed by atoms with E-state index >= 15 is 0 Å². The molecule has 1 aliphatic heterocycles. The molecular weight excluding hydrogens is 244 g/mol. The number of piperidine rings is 1. The summed E-state index contributed by atoms with van der Waals surface area (Å²) in [7, 11) is 0. The van der Waals surface area contributed by atoms with Crippen molar-refractivity contribution in [2.45, 2.75) is 51.7 Å². The maximum atomic E-state index is 11.5. The summed E-state index contributed by atoms with van der Waals surface area (Å²) in [5, 5.41) is 6.17. The molecular formula is C14H28N2O3. The largest absolute Gasteiger partial charge is 0.379 e. The number of hydrogen-bond acceptors (Lipinski definition) is 4. The molecule has 0 bridgehead atoms. The molecule has 1 rings (SSSR count). The van der Waals surface area contributed by atoms with Crippen molar-refractivity contribution in [2.75, 3.05) is 32.8 Å². The van der Waals surface area contributed by atoms with Crippen LogP contribution in [-0.2, 0) is 14.3 Å². The van der Waals surface area contributed by atoms with Gasteiger partial charge in [0, 0.05) is 19.6 Å². The SMILES string of the molecule is CC(C)OCCCNC(=O)CCOC1CCNCC1. The van der Waals surface area contributed by atoms with Crippen molar-refractivity contribution in [3.8, 4) is 0 Å². The second-order valence-electron chi connectivity index (χ2n) is 5.19. The van der Waals surface area contributed by atoms with Crippen LogP contribution in [0.1, 0.15) is 39.5 Å². The van der Waals surface area contributed by atoms with Crippen molar-refractivity contribution >= 4 is 5.91 Å². The van der Waals surface area contributed by atoms with Gasteiger partial charge in [-0.3, -0.25) is 4.79 Å². The van der Waals surface area contributed by atoms with E-state index in [9.17, 15) is 4.79 Å². The van der Waals surface area contributed by atoms with Crippen LogP contribution in [0.2, 0.25) is 0 Å². The molecule has 2 N–H and O–H groups in total. The Kier molecular flexibility index (Phi) is 8.79. The van der Waals surface area contributed by atoms with Crippen LogP contribution in [0.4, 0.5) is 0 Å². The third-order valence-electron chi connectivity index (χ3n) is 3.06. The third kappa shape index (κ3) is 8.97. The second kappa shape index (κ2) is 10.2. The Labute approximate surface area is 116 Å². The summed E-state index contributed by atoms with van der Waals surface area (Å²) < 4.78 is 11.1. The van der Waals surface area contributed by atoms with E-state index in [1.165, 1.54) is 0 Å². The first-order chi connectivity index (χ1) is 9.18. The highest BCUT2D eigenvalue weighted by molar-refractivity contribution is 5.75. The summed E-state index contributed by atoms with van der Waals surface area (Å²) in [5.41, 5.74) is 0. The van der Waals surface area contributed by atoms with Crippen LogP contribution in [-0.4, -0.2) is 51.0 Å². The monoisotopic (exact) mass is 272 g/mol. The summed E-state index contributed by atoms with van der Waals surface area (Å²) in [6.45, 7) is 7.97. The van der Waals surface area contributed by atoms with Crippen LogP contribution in [0, 0.1) is 0 Å². The Bertz CT molecular complexity index is 241. The lowest BCUT2D eigenvalue weighted by Crippen LogP contribution is -2.33. The molecule has 0 aromatic heterocycles. The van der Waals surface area contributed by atoms with Gasteiger partial charge < -0.3 is 20.1 Å². The van der Waals surface area contributed by atoms with Gasteiger partial charge >= 0.3 is 0 Å². The van der Waals surface area contributed by atoms with Crippen LogP contribution >= 0.6 is 0 Å². The molecule has 0 aromatic rings. The Morgan fingerprint density at radius 1 is 1.32 bits per heavy atom. The van der Waals surface area contributed by atoms with E-state index in [1.54, 1.807) is 0 Å². The molecule has 1 aliphatic rings. The highest BCUT2D eigenvalue weighted by Crippen LogP contribution is 2.07. The van der Waals surface area contributed by atoms with Gasteiger partial charge in [0.15, 0.2) is 0 Å². The zero-order valence-corrected chi connectivity index (χ0v) is 12.2. The van der Waals surface area contributed by atoms with Crippen LogP contribution in [0.5, 0.6) is 0 Å². The quantitative estimate of drug-likeness (QED) is 0.617. The first kappa shape index (κ1) is 16.4. The zero-order valence-electron chi connectivity index (χ0n) is 12.2. The molecule has 1 saturated heterocycles. The van der Waals surface area contributed by atoms with Crippen LogP contribution in [0.3, 0.4) is 0 Å². The smallest absolute Gasteiger partial charge is 0.222 e. The normalized spacial score (nSPS) is 16.8. The number of nitrogens with one attached hydrogen (secondary N) is 2. The van der Waals surface area contributed by atoms with E-state index in [1.807, 2.05) is 13.8 Å². The molecule has 0 unspecified atom stereocenters. The molecule has 1 fully saturated rings. The lowest BCUT2D eigenvalue weighted by molar-refractivity contribution is -0.122. The zero-order chi connectivity index (χ0) is 13.9. The molecule has 112 valence electrons. The predicted octanol–water partition coefficient (Wildman–Crippen LogP) is 1.08. The van der Waals surface area contributed by atoms with Gasteiger partial charge in [-0.1, -0.05) is 0 Å². The van der Waals surface area contributed by atoms with Crippen molar-refractivity contribution in [3.05, 3.63) is 0 Å². The van der Waals surface area contributed by atoms with Gasteiger partial charge in [0.2, 0.25) is 5.91 Å². The summed E-state index contributed by atoms with van der Waals surface area (Å²) in [6, 6.07) is 0. The number of hydrogen-bond donors (Lipinski definition) is 2. The van der Waals surface area contributed by atoms with E-state index in [-0.39, 0.29) is 12.0 Å². The standard InChI is InChI=1S/C14H28N2O3/c1-12(2)18-10-3-7-16-14(17)6-11-19-13-4-8-15-9-5-13/h12-13,15H,3-11H2,1-2H3,(H,16,17). The van der Waals surface area contributed by atoms with Gasteiger partial charge in [-0.15, -0.1) is 0 Å². The van der Waals surface area contributed by atoms with E-state index in [0.717, 1.165) is 32.4 Å². The second-order valence-corrected chi connectivity index (χ2v) is 5.19. The lowest BCUT2D eigenvalue weighted by Gasteiger charge is -2.22. The topological polar surface area (TPSA) is 59.6 Å². The number of rotatable bonds is 9. The van der Waals surface area contributed by atoms with Crippen molar-refractivity contribution in [1.82, 2.24) is 10.6 Å². The maximum absolute atomic E-state index is 11.5. The van der Waals surface area contributed by atoms with Gasteiger partial charge in [0.25, 0.3) is 0 Å². The summed E-state index contributed by atoms with van der Waals surface area (Å²) in [5.74, 6) is 0.0680. The predicted molar refractivity (Wildman–Crippen MR) is 75.2 cm³/mol. The van der Waals surface area contributed by atoms with Gasteiger partial charge in [-0.25, -0.2) is 0 Å². The fourth-order valence-electron chi connectivity index (χ4n) is 1.99. The van der Waals surface area contributed by atoms with E-state index in [2.05, 4.69) is 10.6 Å². The number of amides is 1. The molecule has 1 heterocycles. The summed E-state index contributed by atoms with van der Waals surface area (Å²) in [4.78, 5) is 11.5. The fourth-order valence-corrected chi connectivity index (χ4v) is 1.99. The first-order valence-electron chi connectivity index (χ1n) is 7.39. The van der Waals surface area contributed by atoms with Gasteiger partial charge in [0.05, 0.1) is 18.8 Å². The lowest BCUT2D eigenvalue weighted by atomic mass is 10.1. The molecule has 0 radical (unpaired) electrons. The molecule has 5 nitrogen and oxygen atoms in total. The maximum Gasteiger partial charge on any atom is 0.222 e. The average molecular weight is 272 g/mol. The van der Waals surface area contributed by atoms with Crippen molar-refractivity contribution in [3.63, 3.8) is 0 Å². The Morgan fingerprint density at radius 2 is 2.05 bits per heavy atom. The highest BCUT2D eigenvalue weighted by atomic mass is 16.5. The summed E-state index contributed by atoms with van der Waals surface area (Å²) >= 11 is 0. The molecule has 5 heteroatoms. The number of carbonyl (C=O) groups excluding carboxylic acids is 1. The average Bonchev–Trinajstić information content (AvgIpc) is 2.39. The molecule has 0 saturated carbocycles. The van der Waals surface area contributed by atoms with Gasteiger partial charge in [0.1, 0.15) is 0 Å². The minimum absolute atomic E-state index is 0.0680. The van der Waals surface area contributed by atoms with Crippen molar-refractivity contribution in [2.24, 2.45) is 0 Å².